The predicted molar refractivity (Wildman–Crippen MR) is 93.7 cm³/mol. The maximum absolute atomic E-state index is 12.0. The molecule has 22 heavy (non-hydrogen) atoms. The van der Waals surface area contributed by atoms with Crippen LogP contribution in [0.1, 0.15) is 6.42 Å². The fourth-order valence-electron chi connectivity index (χ4n) is 2.35. The Bertz CT molecular complexity index is 637. The van der Waals surface area contributed by atoms with Crippen LogP contribution < -0.4 is 10.6 Å². The first-order valence-corrected chi connectivity index (χ1v) is 9.17. The van der Waals surface area contributed by atoms with Crippen molar-refractivity contribution < 1.29 is 9.90 Å². The van der Waals surface area contributed by atoms with Gasteiger partial charge in [0, 0.05) is 22.9 Å². The molecule has 0 bridgehead atoms. The molecular weight excluding hydrogens is 316 g/mol. The molecule has 1 atom stereocenters. The molecule has 2 heterocycles. The molecule has 1 aliphatic rings. The molecule has 2 amide bonds. The maximum atomic E-state index is 12.0. The lowest BCUT2D eigenvalue weighted by Crippen LogP contribution is -2.44. The number of hydrogen-bond acceptors (Lipinski definition) is 4. The summed E-state index contributed by atoms with van der Waals surface area (Å²) in [7, 11) is 0. The van der Waals surface area contributed by atoms with Crippen molar-refractivity contribution in [1.82, 2.24) is 5.32 Å². The maximum Gasteiger partial charge on any atom is 0.319 e. The lowest BCUT2D eigenvalue weighted by Gasteiger charge is -2.21. The molecule has 4 nitrogen and oxygen atoms in total. The molecule has 0 unspecified atom stereocenters. The van der Waals surface area contributed by atoms with Crippen molar-refractivity contribution in [3.8, 4) is 10.4 Å². The highest BCUT2D eigenvalue weighted by Gasteiger charge is 2.31. The average molecular weight is 334 g/mol. The van der Waals surface area contributed by atoms with Crippen molar-refractivity contribution in [3.05, 3.63) is 41.8 Å². The zero-order valence-corrected chi connectivity index (χ0v) is 13.7. The third-order valence-electron chi connectivity index (χ3n) is 3.59. The SMILES string of the molecule is O=C(NC[C@]1(O)CCSC1)Nc1cccc(-c2cccs2)c1. The summed E-state index contributed by atoms with van der Waals surface area (Å²) in [6.07, 6.45) is 0.728. The Hall–Kier alpha value is -1.50. The summed E-state index contributed by atoms with van der Waals surface area (Å²) in [5.41, 5.74) is 1.07. The van der Waals surface area contributed by atoms with E-state index < -0.39 is 5.60 Å². The molecule has 0 spiro atoms. The van der Waals surface area contributed by atoms with Crippen LogP contribution in [0.4, 0.5) is 10.5 Å². The van der Waals surface area contributed by atoms with Crippen LogP contribution in [0, 0.1) is 0 Å². The van der Waals surface area contributed by atoms with Crippen LogP contribution >= 0.6 is 23.1 Å². The molecule has 0 radical (unpaired) electrons. The highest BCUT2D eigenvalue weighted by atomic mass is 32.2. The zero-order chi connectivity index (χ0) is 15.4. The van der Waals surface area contributed by atoms with Crippen LogP contribution in [0.5, 0.6) is 0 Å². The Morgan fingerprint density at radius 2 is 2.23 bits per heavy atom. The molecule has 0 saturated carbocycles. The van der Waals surface area contributed by atoms with E-state index in [9.17, 15) is 9.90 Å². The van der Waals surface area contributed by atoms with Crippen molar-refractivity contribution in [2.24, 2.45) is 0 Å². The lowest BCUT2D eigenvalue weighted by molar-refractivity contribution is 0.0706. The van der Waals surface area contributed by atoms with Crippen LogP contribution in [-0.2, 0) is 0 Å². The molecule has 1 aromatic carbocycles. The smallest absolute Gasteiger partial charge is 0.319 e. The van der Waals surface area contributed by atoms with Gasteiger partial charge in [0.05, 0.1) is 5.60 Å². The number of urea groups is 1. The van der Waals surface area contributed by atoms with Gasteiger partial charge in [0.15, 0.2) is 0 Å². The first-order valence-electron chi connectivity index (χ1n) is 7.14. The molecule has 0 aliphatic carbocycles. The number of aliphatic hydroxyl groups is 1. The van der Waals surface area contributed by atoms with E-state index in [1.165, 1.54) is 4.88 Å². The number of anilines is 1. The second-order valence-corrected chi connectivity index (χ2v) is 7.45. The van der Waals surface area contributed by atoms with E-state index >= 15 is 0 Å². The molecule has 3 rings (SSSR count). The van der Waals surface area contributed by atoms with Crippen LogP contribution in [0.2, 0.25) is 0 Å². The molecule has 1 fully saturated rings. The molecular formula is C16H18N2O2S2. The summed E-state index contributed by atoms with van der Waals surface area (Å²) in [6, 6.07) is 11.5. The van der Waals surface area contributed by atoms with Crippen LogP contribution in [0.3, 0.4) is 0 Å². The Labute approximate surface area is 137 Å². The number of thioether (sulfide) groups is 1. The van der Waals surface area contributed by atoms with E-state index in [0.717, 1.165) is 23.4 Å². The number of benzene rings is 1. The predicted octanol–water partition coefficient (Wildman–Crippen LogP) is 3.40. The van der Waals surface area contributed by atoms with Crippen molar-refractivity contribution in [2.45, 2.75) is 12.0 Å². The number of carbonyl (C=O) groups is 1. The third-order valence-corrected chi connectivity index (χ3v) is 5.74. The van der Waals surface area contributed by atoms with Gasteiger partial charge in [0.2, 0.25) is 0 Å². The monoisotopic (exact) mass is 334 g/mol. The van der Waals surface area contributed by atoms with Crippen LogP contribution in [0.15, 0.2) is 41.8 Å². The molecule has 6 heteroatoms. The highest BCUT2D eigenvalue weighted by molar-refractivity contribution is 7.99. The van der Waals surface area contributed by atoms with Crippen molar-refractivity contribution >= 4 is 34.8 Å². The summed E-state index contributed by atoms with van der Waals surface area (Å²) in [4.78, 5) is 13.1. The summed E-state index contributed by atoms with van der Waals surface area (Å²) in [6.45, 7) is 0.288. The fraction of sp³-hybridized carbons (Fsp3) is 0.312. The van der Waals surface area contributed by atoms with Gasteiger partial charge in [0.1, 0.15) is 0 Å². The minimum atomic E-state index is -0.763. The largest absolute Gasteiger partial charge is 0.387 e. The van der Waals surface area contributed by atoms with Crippen molar-refractivity contribution in [1.29, 1.82) is 0 Å². The van der Waals surface area contributed by atoms with Gasteiger partial charge in [-0.15, -0.1) is 11.3 Å². The number of amides is 2. The van der Waals surface area contributed by atoms with Crippen molar-refractivity contribution in [2.75, 3.05) is 23.4 Å². The van der Waals surface area contributed by atoms with Gasteiger partial charge in [0.25, 0.3) is 0 Å². The van der Waals surface area contributed by atoms with Crippen LogP contribution in [-0.4, -0.2) is 34.8 Å². The molecule has 2 aromatic rings. The average Bonchev–Trinajstić information content (AvgIpc) is 3.18. The second kappa shape index (κ2) is 6.73. The molecule has 3 N–H and O–H groups in total. The molecule has 116 valence electrons. The van der Waals surface area contributed by atoms with Gasteiger partial charge in [-0.1, -0.05) is 18.2 Å². The van der Waals surface area contributed by atoms with E-state index in [1.807, 2.05) is 35.7 Å². The first-order chi connectivity index (χ1) is 10.6. The Balaban J connectivity index is 1.58. The molecule has 1 aromatic heterocycles. The Morgan fingerprint density at radius 1 is 1.32 bits per heavy atom. The van der Waals surface area contributed by atoms with Gasteiger partial charge in [-0.3, -0.25) is 0 Å². The minimum Gasteiger partial charge on any atom is -0.387 e. The Morgan fingerprint density at radius 3 is 2.95 bits per heavy atom. The summed E-state index contributed by atoms with van der Waals surface area (Å²) in [5, 5.41) is 17.8. The lowest BCUT2D eigenvalue weighted by atomic mass is 10.0. The van der Waals surface area contributed by atoms with Crippen LogP contribution in [0.25, 0.3) is 10.4 Å². The number of carbonyl (C=O) groups excluding carboxylic acids is 1. The van der Waals surface area contributed by atoms with Gasteiger partial charge in [-0.05, 0) is 41.3 Å². The minimum absolute atomic E-state index is 0.284. The summed E-state index contributed by atoms with van der Waals surface area (Å²) < 4.78 is 0. The fourth-order valence-corrected chi connectivity index (χ4v) is 4.37. The van der Waals surface area contributed by atoms with E-state index in [2.05, 4.69) is 16.7 Å². The number of hydrogen-bond donors (Lipinski definition) is 3. The standard InChI is InChI=1S/C16H18N2O2S2/c19-15(17-10-16(20)6-8-21-11-16)18-13-4-1-3-12(9-13)14-5-2-7-22-14/h1-5,7,9,20H,6,8,10-11H2,(H2,17,18,19)/t16-/m1/s1. The number of rotatable bonds is 4. The number of nitrogens with one attached hydrogen (secondary N) is 2. The summed E-state index contributed by atoms with van der Waals surface area (Å²) >= 11 is 3.38. The molecule has 1 aliphatic heterocycles. The molecule has 1 saturated heterocycles. The van der Waals surface area contributed by atoms with Gasteiger partial charge >= 0.3 is 6.03 Å². The topological polar surface area (TPSA) is 61.4 Å². The van der Waals surface area contributed by atoms with E-state index in [4.69, 9.17) is 0 Å². The van der Waals surface area contributed by atoms with E-state index in [1.54, 1.807) is 23.1 Å². The van der Waals surface area contributed by atoms with Gasteiger partial charge in [-0.2, -0.15) is 11.8 Å². The van der Waals surface area contributed by atoms with E-state index in [0.29, 0.717) is 5.75 Å². The Kier molecular flexibility index (Phi) is 4.71. The number of thiophene rings is 1. The first kappa shape index (κ1) is 15.4. The zero-order valence-electron chi connectivity index (χ0n) is 12.0. The quantitative estimate of drug-likeness (QED) is 0.803. The second-order valence-electron chi connectivity index (χ2n) is 5.39. The van der Waals surface area contributed by atoms with E-state index in [-0.39, 0.29) is 12.6 Å². The van der Waals surface area contributed by atoms with Gasteiger partial charge in [-0.25, -0.2) is 4.79 Å². The van der Waals surface area contributed by atoms with Gasteiger partial charge < -0.3 is 15.7 Å². The highest BCUT2D eigenvalue weighted by Crippen LogP contribution is 2.28. The normalized spacial score (nSPS) is 20.8. The summed E-state index contributed by atoms with van der Waals surface area (Å²) in [5.74, 6) is 1.63. The third kappa shape index (κ3) is 3.82. The van der Waals surface area contributed by atoms with Crippen molar-refractivity contribution in [3.63, 3.8) is 0 Å².